The summed E-state index contributed by atoms with van der Waals surface area (Å²) in [6.45, 7) is 4.10. The quantitative estimate of drug-likeness (QED) is 0.530. The summed E-state index contributed by atoms with van der Waals surface area (Å²) in [5.74, 6) is 0.951. The number of hydrogen-bond donors (Lipinski definition) is 0. The van der Waals surface area contributed by atoms with Gasteiger partial charge in [-0.1, -0.05) is 17.7 Å². The van der Waals surface area contributed by atoms with Crippen molar-refractivity contribution in [2.24, 2.45) is 11.8 Å². The Bertz CT molecular complexity index is 1130. The van der Waals surface area contributed by atoms with Crippen molar-refractivity contribution in [1.29, 1.82) is 0 Å². The van der Waals surface area contributed by atoms with Crippen molar-refractivity contribution < 1.29 is 23.8 Å². The molecule has 1 aliphatic heterocycles. The lowest BCUT2D eigenvalue weighted by molar-refractivity contribution is -0.144. The number of carbonyl (C=O) groups is 2. The smallest absolute Gasteiger partial charge is 0.337 e. The van der Waals surface area contributed by atoms with Gasteiger partial charge in [0.15, 0.2) is 0 Å². The van der Waals surface area contributed by atoms with Gasteiger partial charge in [-0.05, 0) is 85.4 Å². The molecule has 7 heteroatoms. The first kappa shape index (κ1) is 24.0. The van der Waals surface area contributed by atoms with E-state index in [-0.39, 0.29) is 17.4 Å². The number of carbonyl (C=O) groups excluding carboxylic acids is 2. The molecular weight excluding hydrogens is 466 g/mol. The monoisotopic (exact) mass is 497 g/mol. The molecule has 0 amide bonds. The van der Waals surface area contributed by atoms with E-state index in [1.165, 1.54) is 25.2 Å². The van der Waals surface area contributed by atoms with Crippen molar-refractivity contribution >= 4 is 29.2 Å². The van der Waals surface area contributed by atoms with E-state index in [2.05, 4.69) is 17.0 Å². The van der Waals surface area contributed by atoms with Gasteiger partial charge >= 0.3 is 11.9 Å². The van der Waals surface area contributed by atoms with Crippen LogP contribution in [0.3, 0.4) is 0 Å². The largest absolute Gasteiger partial charge is 0.490 e. The zero-order valence-corrected chi connectivity index (χ0v) is 21.1. The molecule has 0 N–H and O–H groups in total. The Hall–Kier alpha value is -2.73. The summed E-state index contributed by atoms with van der Waals surface area (Å²) < 4.78 is 16.8. The van der Waals surface area contributed by atoms with Gasteiger partial charge in [-0.2, -0.15) is 0 Å². The Kier molecular flexibility index (Phi) is 6.67. The summed E-state index contributed by atoms with van der Waals surface area (Å²) in [6.07, 6.45) is 5.27. The van der Waals surface area contributed by atoms with Gasteiger partial charge in [0.25, 0.3) is 0 Å². The van der Waals surface area contributed by atoms with Crippen molar-refractivity contribution in [3.63, 3.8) is 0 Å². The van der Waals surface area contributed by atoms with Gasteiger partial charge in [0.2, 0.25) is 0 Å². The maximum atomic E-state index is 12.3. The van der Waals surface area contributed by atoms with E-state index in [1.807, 2.05) is 18.2 Å². The number of nitrogens with zero attached hydrogens (tertiary/aromatic N) is 1. The number of methoxy groups -OCH3 is 1. The average molecular weight is 498 g/mol. The number of rotatable bonds is 5. The molecule has 0 saturated heterocycles. The Morgan fingerprint density at radius 2 is 2.00 bits per heavy atom. The fraction of sp³-hybridized carbons (Fsp3) is 0.500. The molecule has 2 aliphatic carbocycles. The van der Waals surface area contributed by atoms with Gasteiger partial charge in [-0.3, -0.25) is 4.79 Å². The molecule has 2 aromatic carbocycles. The lowest BCUT2D eigenvalue weighted by atomic mass is 9.69. The van der Waals surface area contributed by atoms with Crippen LogP contribution in [0.4, 0.5) is 5.69 Å². The molecular formula is C28H32ClNO5. The first-order valence-electron chi connectivity index (χ1n) is 12.4. The summed E-state index contributed by atoms with van der Waals surface area (Å²) in [4.78, 5) is 26.1. The lowest BCUT2D eigenvalue weighted by Gasteiger charge is -2.44. The maximum absolute atomic E-state index is 12.3. The van der Waals surface area contributed by atoms with Crippen molar-refractivity contribution in [3.8, 4) is 5.75 Å². The van der Waals surface area contributed by atoms with Crippen LogP contribution < -0.4 is 9.64 Å². The lowest BCUT2D eigenvalue weighted by Crippen LogP contribution is -2.48. The first-order valence-corrected chi connectivity index (χ1v) is 12.8. The molecule has 2 aromatic rings. The van der Waals surface area contributed by atoms with Gasteiger partial charge < -0.3 is 19.1 Å². The molecule has 1 spiro atoms. The molecule has 1 heterocycles. The van der Waals surface area contributed by atoms with E-state index in [0.717, 1.165) is 61.7 Å². The van der Waals surface area contributed by atoms with Crippen molar-refractivity contribution in [2.45, 2.75) is 44.4 Å². The van der Waals surface area contributed by atoms with E-state index >= 15 is 0 Å². The molecule has 1 saturated carbocycles. The zero-order chi connectivity index (χ0) is 24.6. The van der Waals surface area contributed by atoms with Crippen molar-refractivity contribution in [2.75, 3.05) is 38.3 Å². The number of halogens is 1. The van der Waals surface area contributed by atoms with E-state index < -0.39 is 0 Å². The summed E-state index contributed by atoms with van der Waals surface area (Å²) >= 11 is 6.34. The van der Waals surface area contributed by atoms with Crippen LogP contribution in [-0.2, 0) is 26.1 Å². The Balaban J connectivity index is 1.50. The van der Waals surface area contributed by atoms with Crippen LogP contribution in [0.1, 0.15) is 54.1 Å². The molecule has 35 heavy (non-hydrogen) atoms. The van der Waals surface area contributed by atoms with Crippen molar-refractivity contribution in [3.05, 3.63) is 58.1 Å². The molecule has 3 atom stereocenters. The van der Waals surface area contributed by atoms with E-state index in [4.69, 9.17) is 25.8 Å². The third-order valence-electron chi connectivity index (χ3n) is 7.99. The number of ether oxygens (including phenoxy) is 3. The minimum Gasteiger partial charge on any atom is -0.490 e. The molecule has 0 aromatic heterocycles. The molecule has 5 rings (SSSR count). The van der Waals surface area contributed by atoms with Crippen LogP contribution in [0.15, 0.2) is 36.4 Å². The molecule has 186 valence electrons. The maximum Gasteiger partial charge on any atom is 0.337 e. The van der Waals surface area contributed by atoms with E-state index in [0.29, 0.717) is 30.6 Å². The fourth-order valence-electron chi connectivity index (χ4n) is 5.96. The van der Waals surface area contributed by atoms with Crippen LogP contribution in [0, 0.1) is 11.8 Å². The topological polar surface area (TPSA) is 65.1 Å². The summed E-state index contributed by atoms with van der Waals surface area (Å²) in [5, 5.41) is 0.765. The zero-order valence-electron chi connectivity index (χ0n) is 20.3. The second kappa shape index (κ2) is 9.73. The van der Waals surface area contributed by atoms with Crippen LogP contribution in [0.25, 0.3) is 0 Å². The Labute approximate surface area is 211 Å². The van der Waals surface area contributed by atoms with Crippen molar-refractivity contribution in [1.82, 2.24) is 0 Å². The highest BCUT2D eigenvalue weighted by Gasteiger charge is 2.43. The SMILES string of the molecule is COC(=O)c1ccc2c(c1)N(C[C@@H]1CC[C@H]1COC(C)=O)C[C@@]1(CCCc3cc(Cl)ccc31)CO2. The molecule has 0 unspecified atom stereocenters. The van der Waals surface area contributed by atoms with Gasteiger partial charge in [-0.15, -0.1) is 0 Å². The van der Waals surface area contributed by atoms with Crippen LogP contribution in [-0.4, -0.2) is 45.4 Å². The normalized spacial score (nSPS) is 24.9. The number of fused-ring (bicyclic) bond motifs is 3. The predicted octanol–water partition coefficient (Wildman–Crippen LogP) is 5.19. The van der Waals surface area contributed by atoms with E-state index in [9.17, 15) is 9.59 Å². The summed E-state index contributed by atoms with van der Waals surface area (Å²) in [5.41, 5.74) is 3.87. The average Bonchev–Trinajstić information content (AvgIpc) is 2.98. The van der Waals surface area contributed by atoms with Gasteiger partial charge in [-0.25, -0.2) is 4.79 Å². The third-order valence-corrected chi connectivity index (χ3v) is 8.22. The minimum absolute atomic E-state index is 0.169. The number of aryl methyl sites for hydroxylation is 1. The standard InChI is InChI=1S/C28H32ClNO5/c1-18(31)34-15-22-6-5-21(22)14-30-16-28(11-3-4-19-12-23(29)8-9-24(19)28)17-35-26-10-7-20(13-25(26)30)27(32)33-2/h7-10,12-13,21-22H,3-6,11,14-17H2,1-2H3/t21-,22-,28-/m0/s1. The highest BCUT2D eigenvalue weighted by molar-refractivity contribution is 6.30. The van der Waals surface area contributed by atoms with Gasteiger partial charge in [0.1, 0.15) is 5.75 Å². The number of anilines is 1. The number of esters is 2. The van der Waals surface area contributed by atoms with Crippen LogP contribution in [0.2, 0.25) is 5.02 Å². The minimum atomic E-state index is -0.360. The van der Waals surface area contributed by atoms with E-state index in [1.54, 1.807) is 6.07 Å². The second-order valence-corrected chi connectivity index (χ2v) is 10.6. The summed E-state index contributed by atoms with van der Waals surface area (Å²) in [6, 6.07) is 11.8. The molecule has 1 fully saturated rings. The fourth-order valence-corrected chi connectivity index (χ4v) is 6.16. The third kappa shape index (κ3) is 4.73. The second-order valence-electron chi connectivity index (χ2n) is 10.2. The van der Waals surface area contributed by atoms with Crippen LogP contribution in [0.5, 0.6) is 5.75 Å². The first-order chi connectivity index (χ1) is 16.9. The highest BCUT2D eigenvalue weighted by Crippen LogP contribution is 2.46. The molecule has 0 radical (unpaired) electrons. The predicted molar refractivity (Wildman–Crippen MR) is 134 cm³/mol. The Morgan fingerprint density at radius 3 is 2.74 bits per heavy atom. The molecule has 0 bridgehead atoms. The Morgan fingerprint density at radius 1 is 1.17 bits per heavy atom. The molecule has 3 aliphatic rings. The summed E-state index contributed by atoms with van der Waals surface area (Å²) in [7, 11) is 1.40. The number of hydrogen-bond acceptors (Lipinski definition) is 6. The number of benzene rings is 2. The highest BCUT2D eigenvalue weighted by atomic mass is 35.5. The van der Waals surface area contributed by atoms with Gasteiger partial charge in [0.05, 0.1) is 31.6 Å². The van der Waals surface area contributed by atoms with Crippen LogP contribution >= 0.6 is 11.6 Å². The molecule has 6 nitrogen and oxygen atoms in total. The van der Waals surface area contributed by atoms with Gasteiger partial charge in [0, 0.05) is 30.5 Å².